The lowest BCUT2D eigenvalue weighted by Crippen LogP contribution is -2.22. The second kappa shape index (κ2) is 5.35. The number of phenols is 1. The average molecular weight is 269 g/mol. The van der Waals surface area contributed by atoms with Crippen molar-refractivity contribution in [3.63, 3.8) is 0 Å². The van der Waals surface area contributed by atoms with Crippen molar-refractivity contribution >= 4 is 5.91 Å². The zero-order valence-corrected chi connectivity index (χ0v) is 10.9. The third-order valence-electron chi connectivity index (χ3n) is 3.37. The first-order chi connectivity index (χ1) is 9.72. The van der Waals surface area contributed by atoms with Crippen LogP contribution in [0.4, 0.5) is 0 Å². The van der Waals surface area contributed by atoms with Gasteiger partial charge < -0.3 is 15.2 Å². The first kappa shape index (κ1) is 12.7. The zero-order valence-electron chi connectivity index (χ0n) is 10.9. The molecule has 0 aliphatic carbocycles. The highest BCUT2D eigenvalue weighted by atomic mass is 16.5. The molecule has 2 aromatic carbocycles. The fourth-order valence-electron chi connectivity index (χ4n) is 2.21. The standard InChI is InChI=1S/C16H15NO3/c18-15-5-1-11(2-6-15)8-17-16(19)12-3-4-13-9-20-10-14(13)7-12/h1-7,18H,8-10H2,(H,17,19). The number of benzene rings is 2. The topological polar surface area (TPSA) is 58.6 Å². The molecule has 4 heteroatoms. The summed E-state index contributed by atoms with van der Waals surface area (Å²) < 4.78 is 5.33. The third-order valence-corrected chi connectivity index (χ3v) is 3.37. The second-order valence-electron chi connectivity index (χ2n) is 4.83. The molecule has 0 radical (unpaired) electrons. The van der Waals surface area contributed by atoms with Crippen molar-refractivity contribution in [3.05, 3.63) is 64.7 Å². The molecule has 0 atom stereocenters. The minimum Gasteiger partial charge on any atom is -0.508 e. The fraction of sp³-hybridized carbons (Fsp3) is 0.188. The highest BCUT2D eigenvalue weighted by Gasteiger charge is 2.14. The molecule has 1 heterocycles. The predicted molar refractivity (Wildman–Crippen MR) is 74.2 cm³/mol. The van der Waals surface area contributed by atoms with E-state index in [0.717, 1.165) is 16.7 Å². The van der Waals surface area contributed by atoms with Crippen molar-refractivity contribution in [1.82, 2.24) is 5.32 Å². The molecule has 0 spiro atoms. The van der Waals surface area contributed by atoms with Gasteiger partial charge in [-0.15, -0.1) is 0 Å². The molecule has 0 saturated heterocycles. The molecular formula is C16H15NO3. The van der Waals surface area contributed by atoms with Gasteiger partial charge in [-0.25, -0.2) is 0 Å². The molecule has 1 aliphatic rings. The summed E-state index contributed by atoms with van der Waals surface area (Å²) in [5, 5.41) is 12.1. The van der Waals surface area contributed by atoms with E-state index in [1.807, 2.05) is 18.2 Å². The van der Waals surface area contributed by atoms with Gasteiger partial charge in [-0.1, -0.05) is 18.2 Å². The summed E-state index contributed by atoms with van der Waals surface area (Å²) in [4.78, 5) is 12.1. The minimum atomic E-state index is -0.104. The van der Waals surface area contributed by atoms with Crippen LogP contribution in [-0.4, -0.2) is 11.0 Å². The number of aromatic hydroxyl groups is 1. The van der Waals surface area contributed by atoms with Gasteiger partial charge >= 0.3 is 0 Å². The predicted octanol–water partition coefficient (Wildman–Crippen LogP) is 2.35. The number of nitrogens with one attached hydrogen (secondary N) is 1. The van der Waals surface area contributed by atoms with Crippen LogP contribution >= 0.6 is 0 Å². The Hall–Kier alpha value is -2.33. The van der Waals surface area contributed by atoms with Crippen LogP contribution in [0.2, 0.25) is 0 Å². The van der Waals surface area contributed by atoms with E-state index in [2.05, 4.69) is 5.32 Å². The smallest absolute Gasteiger partial charge is 0.251 e. The van der Waals surface area contributed by atoms with Crippen molar-refractivity contribution in [2.75, 3.05) is 0 Å². The molecule has 0 unspecified atom stereocenters. The number of carbonyl (C=O) groups is 1. The lowest BCUT2D eigenvalue weighted by Gasteiger charge is -2.07. The van der Waals surface area contributed by atoms with E-state index >= 15 is 0 Å². The molecule has 0 aromatic heterocycles. The number of phenolic OH excluding ortho intramolecular Hbond substituents is 1. The van der Waals surface area contributed by atoms with Crippen molar-refractivity contribution in [1.29, 1.82) is 0 Å². The highest BCUT2D eigenvalue weighted by molar-refractivity contribution is 5.94. The fourth-order valence-corrected chi connectivity index (χ4v) is 2.21. The van der Waals surface area contributed by atoms with Crippen molar-refractivity contribution in [2.45, 2.75) is 19.8 Å². The monoisotopic (exact) mass is 269 g/mol. The molecular weight excluding hydrogens is 254 g/mol. The first-order valence-corrected chi connectivity index (χ1v) is 6.48. The van der Waals surface area contributed by atoms with Gasteiger partial charge in [0.05, 0.1) is 13.2 Å². The van der Waals surface area contributed by atoms with Gasteiger partial charge in [0.25, 0.3) is 5.91 Å². The summed E-state index contributed by atoms with van der Waals surface area (Å²) >= 11 is 0. The minimum absolute atomic E-state index is 0.104. The second-order valence-corrected chi connectivity index (χ2v) is 4.83. The molecule has 20 heavy (non-hydrogen) atoms. The van der Waals surface area contributed by atoms with Gasteiger partial charge in [0.15, 0.2) is 0 Å². The van der Waals surface area contributed by atoms with Gasteiger partial charge in [0.1, 0.15) is 5.75 Å². The number of carbonyl (C=O) groups excluding carboxylic acids is 1. The maximum absolute atomic E-state index is 12.1. The Morgan fingerprint density at radius 2 is 1.85 bits per heavy atom. The maximum atomic E-state index is 12.1. The molecule has 2 N–H and O–H groups in total. The Kier molecular flexibility index (Phi) is 3.39. The summed E-state index contributed by atoms with van der Waals surface area (Å²) in [5.41, 5.74) is 3.83. The maximum Gasteiger partial charge on any atom is 0.251 e. The average Bonchev–Trinajstić information content (AvgIpc) is 2.93. The number of hydrogen-bond acceptors (Lipinski definition) is 3. The number of amides is 1. The molecule has 3 rings (SSSR count). The van der Waals surface area contributed by atoms with Crippen LogP contribution in [0.1, 0.15) is 27.0 Å². The number of ether oxygens (including phenoxy) is 1. The van der Waals surface area contributed by atoms with Crippen molar-refractivity contribution < 1.29 is 14.6 Å². The molecule has 2 aromatic rings. The zero-order chi connectivity index (χ0) is 13.9. The molecule has 0 saturated carbocycles. The summed E-state index contributed by atoms with van der Waals surface area (Å²) in [5.74, 6) is 0.117. The highest BCUT2D eigenvalue weighted by Crippen LogP contribution is 2.20. The number of rotatable bonds is 3. The lowest BCUT2D eigenvalue weighted by atomic mass is 10.1. The van der Waals surface area contributed by atoms with E-state index in [-0.39, 0.29) is 11.7 Å². The van der Waals surface area contributed by atoms with Gasteiger partial charge in [-0.3, -0.25) is 4.79 Å². The molecule has 0 fully saturated rings. The van der Waals surface area contributed by atoms with Crippen molar-refractivity contribution in [2.24, 2.45) is 0 Å². The van der Waals surface area contributed by atoms with Crippen LogP contribution in [0.3, 0.4) is 0 Å². The van der Waals surface area contributed by atoms with E-state index in [0.29, 0.717) is 25.3 Å². The van der Waals surface area contributed by atoms with Crippen molar-refractivity contribution in [3.8, 4) is 5.75 Å². The lowest BCUT2D eigenvalue weighted by molar-refractivity contribution is 0.0950. The Bertz CT molecular complexity index is 635. The Balaban J connectivity index is 1.66. The van der Waals surface area contributed by atoms with Crippen LogP contribution in [0.5, 0.6) is 5.75 Å². The van der Waals surface area contributed by atoms with Gasteiger partial charge in [0, 0.05) is 12.1 Å². The normalized spacial score (nSPS) is 13.0. The van der Waals surface area contributed by atoms with E-state index in [1.54, 1.807) is 24.3 Å². The summed E-state index contributed by atoms with van der Waals surface area (Å²) in [6.07, 6.45) is 0. The van der Waals surface area contributed by atoms with Gasteiger partial charge in [-0.2, -0.15) is 0 Å². The molecule has 102 valence electrons. The molecule has 1 amide bonds. The van der Waals surface area contributed by atoms with Crippen LogP contribution in [0.25, 0.3) is 0 Å². The van der Waals surface area contributed by atoms with Crippen LogP contribution in [0, 0.1) is 0 Å². The number of fused-ring (bicyclic) bond motifs is 1. The molecule has 4 nitrogen and oxygen atoms in total. The summed E-state index contributed by atoms with van der Waals surface area (Å²) in [6.45, 7) is 1.64. The SMILES string of the molecule is O=C(NCc1ccc(O)cc1)c1ccc2c(c1)COC2. The van der Waals surface area contributed by atoms with Gasteiger partial charge in [0.2, 0.25) is 0 Å². The van der Waals surface area contributed by atoms with E-state index < -0.39 is 0 Å². The largest absolute Gasteiger partial charge is 0.508 e. The first-order valence-electron chi connectivity index (χ1n) is 6.48. The van der Waals surface area contributed by atoms with Crippen LogP contribution in [0.15, 0.2) is 42.5 Å². The Morgan fingerprint density at radius 3 is 2.65 bits per heavy atom. The molecule has 0 bridgehead atoms. The van der Waals surface area contributed by atoms with Crippen LogP contribution in [-0.2, 0) is 24.5 Å². The van der Waals surface area contributed by atoms with E-state index in [4.69, 9.17) is 4.74 Å². The van der Waals surface area contributed by atoms with Gasteiger partial charge in [-0.05, 0) is 41.0 Å². The Labute approximate surface area is 117 Å². The third kappa shape index (κ3) is 2.65. The Morgan fingerprint density at radius 1 is 1.10 bits per heavy atom. The molecule has 1 aliphatic heterocycles. The summed E-state index contributed by atoms with van der Waals surface area (Å²) in [7, 11) is 0. The number of hydrogen-bond donors (Lipinski definition) is 2. The summed E-state index contributed by atoms with van der Waals surface area (Å²) in [6, 6.07) is 12.4. The van der Waals surface area contributed by atoms with E-state index in [1.165, 1.54) is 0 Å². The quantitative estimate of drug-likeness (QED) is 0.899. The van der Waals surface area contributed by atoms with Crippen LogP contribution < -0.4 is 5.32 Å². The van der Waals surface area contributed by atoms with E-state index in [9.17, 15) is 9.90 Å².